The number of anilines is 2. The number of thiocyanates is 1. The molecule has 1 N–H and O–H groups in total. The third-order valence-electron chi connectivity index (χ3n) is 4.02. The van der Waals surface area contributed by atoms with Gasteiger partial charge < -0.3 is 5.32 Å². The van der Waals surface area contributed by atoms with E-state index in [9.17, 15) is 10.1 Å². The van der Waals surface area contributed by atoms with Crippen LogP contribution in [0.15, 0.2) is 65.1 Å². The fourth-order valence-electron chi connectivity index (χ4n) is 2.77. The number of fused-ring (bicyclic) bond motifs is 1. The molecule has 7 nitrogen and oxygen atoms in total. The molecule has 136 valence electrons. The average molecular weight is 405 g/mol. The summed E-state index contributed by atoms with van der Waals surface area (Å²) in [4.78, 5) is 21.0. The predicted molar refractivity (Wildman–Crippen MR) is 111 cm³/mol. The third kappa shape index (κ3) is 3.51. The zero-order valence-electron chi connectivity index (χ0n) is 14.2. The van der Waals surface area contributed by atoms with Crippen LogP contribution in [0.3, 0.4) is 0 Å². The lowest BCUT2D eigenvalue weighted by molar-refractivity contribution is -0.384. The second kappa shape index (κ2) is 7.64. The summed E-state index contributed by atoms with van der Waals surface area (Å²) in [5.41, 5.74) is 2.43. The van der Waals surface area contributed by atoms with Gasteiger partial charge in [0.25, 0.3) is 5.69 Å². The Balaban J connectivity index is 1.76. The van der Waals surface area contributed by atoms with E-state index in [1.165, 1.54) is 23.7 Å². The first-order valence-corrected chi connectivity index (χ1v) is 9.75. The molecule has 0 amide bonds. The summed E-state index contributed by atoms with van der Waals surface area (Å²) in [7, 11) is 0. The molecular weight excluding hydrogens is 394 g/mol. The van der Waals surface area contributed by atoms with Crippen LogP contribution in [-0.2, 0) is 0 Å². The van der Waals surface area contributed by atoms with Crippen molar-refractivity contribution in [2.24, 2.45) is 0 Å². The summed E-state index contributed by atoms with van der Waals surface area (Å²) in [6.45, 7) is 0. The summed E-state index contributed by atoms with van der Waals surface area (Å²) < 4.78 is 0. The zero-order valence-corrected chi connectivity index (χ0v) is 15.8. The number of hydrogen-bond acceptors (Lipinski definition) is 8. The fraction of sp³-hybridized carbons (Fsp3) is 0. The number of non-ortho nitro benzene ring substituents is 1. The fourth-order valence-corrected chi connectivity index (χ4v) is 4.06. The molecule has 2 aromatic heterocycles. The van der Waals surface area contributed by atoms with Crippen LogP contribution in [0.2, 0.25) is 0 Å². The zero-order chi connectivity index (χ0) is 19.5. The van der Waals surface area contributed by atoms with Gasteiger partial charge in [0, 0.05) is 33.7 Å². The molecule has 4 aromatic rings. The van der Waals surface area contributed by atoms with E-state index in [0.717, 1.165) is 43.7 Å². The number of nitrogens with zero attached hydrogens (tertiary/aromatic N) is 4. The second-order valence-electron chi connectivity index (χ2n) is 5.70. The predicted octanol–water partition coefficient (Wildman–Crippen LogP) is 5.58. The minimum Gasteiger partial charge on any atom is -0.340 e. The van der Waals surface area contributed by atoms with E-state index < -0.39 is 4.92 Å². The molecule has 0 spiro atoms. The summed E-state index contributed by atoms with van der Waals surface area (Å²) in [5.74, 6) is 0.619. The van der Waals surface area contributed by atoms with Gasteiger partial charge in [-0.2, -0.15) is 5.26 Å². The number of thioether (sulfide) groups is 1. The number of rotatable bonds is 5. The van der Waals surface area contributed by atoms with Crippen LogP contribution < -0.4 is 5.32 Å². The van der Waals surface area contributed by atoms with Gasteiger partial charge in [-0.1, -0.05) is 12.1 Å². The van der Waals surface area contributed by atoms with Crippen molar-refractivity contribution in [3.05, 3.63) is 70.4 Å². The number of aromatic nitrogens is 2. The number of nitro groups is 1. The number of nitrogens with one attached hydrogen (secondary N) is 1. The van der Waals surface area contributed by atoms with Gasteiger partial charge in [-0.15, -0.1) is 11.3 Å². The lowest BCUT2D eigenvalue weighted by atomic mass is 10.1. The Labute approximate surface area is 167 Å². The van der Waals surface area contributed by atoms with Gasteiger partial charge in [0.1, 0.15) is 22.4 Å². The van der Waals surface area contributed by atoms with E-state index >= 15 is 0 Å². The van der Waals surface area contributed by atoms with Gasteiger partial charge in [-0.05, 0) is 41.6 Å². The highest BCUT2D eigenvalue weighted by Gasteiger charge is 2.15. The molecule has 4 rings (SSSR count). The van der Waals surface area contributed by atoms with E-state index in [0.29, 0.717) is 5.82 Å². The standard InChI is InChI=1S/C19H11N5O2S2/c20-10-28-15-6-4-13(5-7-15)23-18-17-16(9-27-19(17)22-11-21-18)12-2-1-3-14(8-12)24(25)26/h1-9,11H,(H,21,22,23). The van der Waals surface area contributed by atoms with Crippen LogP contribution in [-0.4, -0.2) is 14.9 Å². The lowest BCUT2D eigenvalue weighted by Gasteiger charge is -2.09. The first-order valence-electron chi connectivity index (χ1n) is 8.06. The minimum absolute atomic E-state index is 0.0359. The van der Waals surface area contributed by atoms with Crippen LogP contribution in [0.5, 0.6) is 0 Å². The highest BCUT2D eigenvalue weighted by Crippen LogP contribution is 2.38. The molecular formula is C19H11N5O2S2. The molecule has 0 aliphatic heterocycles. The van der Waals surface area contributed by atoms with E-state index in [2.05, 4.69) is 15.3 Å². The monoisotopic (exact) mass is 405 g/mol. The molecule has 0 fully saturated rings. The topological polar surface area (TPSA) is 105 Å². The third-order valence-corrected chi connectivity index (χ3v) is 5.50. The molecule has 2 heterocycles. The van der Waals surface area contributed by atoms with Crippen molar-refractivity contribution < 1.29 is 4.92 Å². The first-order chi connectivity index (χ1) is 13.7. The Bertz CT molecular complexity index is 1220. The number of benzene rings is 2. The van der Waals surface area contributed by atoms with Crippen molar-refractivity contribution in [1.29, 1.82) is 5.26 Å². The molecule has 9 heteroatoms. The maximum Gasteiger partial charge on any atom is 0.270 e. The van der Waals surface area contributed by atoms with Gasteiger partial charge in [0.05, 0.1) is 10.3 Å². The van der Waals surface area contributed by atoms with Crippen molar-refractivity contribution in [1.82, 2.24) is 9.97 Å². The van der Waals surface area contributed by atoms with Crippen LogP contribution >= 0.6 is 23.1 Å². The van der Waals surface area contributed by atoms with Crippen molar-refractivity contribution in [3.8, 4) is 16.5 Å². The van der Waals surface area contributed by atoms with Crippen LogP contribution in [0, 0.1) is 20.8 Å². The summed E-state index contributed by atoms with van der Waals surface area (Å²) >= 11 is 2.55. The summed E-state index contributed by atoms with van der Waals surface area (Å²) in [5, 5.41) is 27.9. The van der Waals surface area contributed by atoms with Crippen LogP contribution in [0.1, 0.15) is 0 Å². The second-order valence-corrected chi connectivity index (χ2v) is 7.42. The van der Waals surface area contributed by atoms with Crippen LogP contribution in [0.4, 0.5) is 17.2 Å². The maximum absolute atomic E-state index is 11.1. The Kier molecular flexibility index (Phi) is 4.89. The molecule has 2 aromatic carbocycles. The van der Waals surface area contributed by atoms with Gasteiger partial charge in [0.15, 0.2) is 0 Å². The van der Waals surface area contributed by atoms with Gasteiger partial charge in [-0.25, -0.2) is 9.97 Å². The van der Waals surface area contributed by atoms with Gasteiger partial charge in [-0.3, -0.25) is 10.1 Å². The van der Waals surface area contributed by atoms with E-state index in [1.54, 1.807) is 12.1 Å². The number of nitriles is 1. The molecule has 0 saturated carbocycles. The molecule has 0 atom stereocenters. The summed E-state index contributed by atoms with van der Waals surface area (Å²) in [6.07, 6.45) is 1.48. The van der Waals surface area contributed by atoms with Crippen molar-refractivity contribution >= 4 is 50.5 Å². The van der Waals surface area contributed by atoms with Gasteiger partial charge in [0.2, 0.25) is 0 Å². The normalized spacial score (nSPS) is 10.5. The Morgan fingerprint density at radius 1 is 1.18 bits per heavy atom. The Morgan fingerprint density at radius 2 is 2.00 bits per heavy atom. The maximum atomic E-state index is 11.1. The Hall–Kier alpha value is -3.48. The molecule has 0 bridgehead atoms. The van der Waals surface area contributed by atoms with E-state index in [-0.39, 0.29) is 5.69 Å². The highest BCUT2D eigenvalue weighted by molar-refractivity contribution is 8.03. The van der Waals surface area contributed by atoms with E-state index in [4.69, 9.17) is 5.26 Å². The largest absolute Gasteiger partial charge is 0.340 e. The van der Waals surface area contributed by atoms with Crippen LogP contribution in [0.25, 0.3) is 21.3 Å². The Morgan fingerprint density at radius 3 is 2.75 bits per heavy atom. The van der Waals surface area contributed by atoms with Crippen molar-refractivity contribution in [2.45, 2.75) is 4.90 Å². The quantitative estimate of drug-likeness (QED) is 0.200. The first kappa shape index (κ1) is 17.9. The van der Waals surface area contributed by atoms with Crippen molar-refractivity contribution in [2.75, 3.05) is 5.32 Å². The SMILES string of the molecule is N#CSc1ccc(Nc2ncnc3scc(-c4cccc([N+](=O)[O-])c4)c23)cc1. The number of thiophene rings is 1. The molecule has 0 saturated heterocycles. The highest BCUT2D eigenvalue weighted by atomic mass is 32.2. The van der Waals surface area contributed by atoms with E-state index in [1.807, 2.05) is 41.1 Å². The summed E-state index contributed by atoms with van der Waals surface area (Å²) in [6, 6.07) is 14.0. The molecule has 0 aliphatic rings. The number of nitro benzene ring substituents is 1. The minimum atomic E-state index is -0.408. The van der Waals surface area contributed by atoms with Gasteiger partial charge >= 0.3 is 0 Å². The average Bonchev–Trinajstić information content (AvgIpc) is 3.15. The lowest BCUT2D eigenvalue weighted by Crippen LogP contribution is -1.95. The number of hydrogen-bond donors (Lipinski definition) is 1. The molecule has 0 radical (unpaired) electrons. The van der Waals surface area contributed by atoms with Crippen molar-refractivity contribution in [3.63, 3.8) is 0 Å². The molecule has 0 unspecified atom stereocenters. The smallest absolute Gasteiger partial charge is 0.270 e. The molecule has 0 aliphatic carbocycles. The molecule has 28 heavy (non-hydrogen) atoms.